The van der Waals surface area contributed by atoms with Crippen LogP contribution >= 0.6 is 11.3 Å². The zero-order chi connectivity index (χ0) is 30.8. The first kappa shape index (κ1) is 30.0. The summed E-state index contributed by atoms with van der Waals surface area (Å²) in [7, 11) is 0. The molecule has 3 heterocycles. The predicted octanol–water partition coefficient (Wildman–Crippen LogP) is 4.41. The number of ether oxygens (including phenoxy) is 3. The molecule has 0 fully saturated rings. The summed E-state index contributed by atoms with van der Waals surface area (Å²) in [5, 5.41) is 0.908. The van der Waals surface area contributed by atoms with E-state index in [0.717, 1.165) is 22.2 Å². The molecule has 1 aliphatic heterocycles. The average Bonchev–Trinajstić information content (AvgIpc) is 3.41. The van der Waals surface area contributed by atoms with Crippen LogP contribution in [0.15, 0.2) is 69.6 Å². The minimum atomic E-state index is -0.793. The predicted molar refractivity (Wildman–Crippen MR) is 166 cm³/mol. The molecule has 5 rings (SSSR count). The van der Waals surface area contributed by atoms with Gasteiger partial charge in [0.15, 0.2) is 4.80 Å². The monoisotopic (exact) mass is 601 g/mol. The highest BCUT2D eigenvalue weighted by Crippen LogP contribution is 2.36. The molecule has 0 saturated carbocycles. The molecule has 1 atom stereocenters. The maximum Gasteiger partial charge on any atom is 0.338 e. The number of rotatable bonds is 9. The highest BCUT2D eigenvalue weighted by Gasteiger charge is 2.35. The van der Waals surface area contributed by atoms with Crippen LogP contribution < -0.4 is 19.6 Å². The first-order valence-corrected chi connectivity index (χ1v) is 15.2. The Bertz CT molecular complexity index is 1930. The summed E-state index contributed by atoms with van der Waals surface area (Å²) < 4.78 is 20.7. The molecule has 0 aliphatic carbocycles. The summed E-state index contributed by atoms with van der Waals surface area (Å²) in [6, 6.07) is 14.4. The largest absolute Gasteiger partial charge is 0.491 e. The topological polar surface area (TPSA) is 101 Å². The Morgan fingerprint density at radius 2 is 1.72 bits per heavy atom. The zero-order valence-electron chi connectivity index (χ0n) is 25.2. The molecule has 0 N–H and O–H groups in total. The van der Waals surface area contributed by atoms with E-state index in [2.05, 4.69) is 0 Å². The lowest BCUT2D eigenvalue weighted by molar-refractivity contribution is -0.143. The van der Waals surface area contributed by atoms with Gasteiger partial charge < -0.3 is 18.8 Å². The van der Waals surface area contributed by atoms with E-state index >= 15 is 0 Å². The smallest absolute Gasteiger partial charge is 0.338 e. The Hall–Kier alpha value is -4.44. The number of esters is 2. The first-order valence-electron chi connectivity index (χ1n) is 14.3. The second-order valence-electron chi connectivity index (χ2n) is 10.4. The highest BCUT2D eigenvalue weighted by atomic mass is 32.1. The fraction of sp³-hybridized carbons (Fsp3) is 0.333. The number of benzene rings is 2. The van der Waals surface area contributed by atoms with Crippen molar-refractivity contribution in [3.63, 3.8) is 0 Å². The summed E-state index contributed by atoms with van der Waals surface area (Å²) in [6.45, 7) is 11.6. The third-order valence-corrected chi connectivity index (χ3v) is 8.22. The van der Waals surface area contributed by atoms with Gasteiger partial charge in [-0.1, -0.05) is 47.7 Å². The normalized spacial score (nSPS) is 15.0. The summed E-state index contributed by atoms with van der Waals surface area (Å²) >= 11 is 1.25. The number of para-hydroxylation sites is 2. The number of hydrogen-bond acceptors (Lipinski definition) is 8. The van der Waals surface area contributed by atoms with E-state index in [1.54, 1.807) is 25.3 Å². The molecule has 10 heteroatoms. The Balaban J connectivity index is 1.75. The molecule has 1 aliphatic rings. The second kappa shape index (κ2) is 12.4. The third-order valence-electron chi connectivity index (χ3n) is 7.24. The van der Waals surface area contributed by atoms with Gasteiger partial charge in [0, 0.05) is 27.7 Å². The van der Waals surface area contributed by atoms with E-state index in [1.165, 1.54) is 11.3 Å². The third kappa shape index (κ3) is 5.67. The van der Waals surface area contributed by atoms with Crippen molar-refractivity contribution in [3.05, 3.63) is 96.3 Å². The van der Waals surface area contributed by atoms with Crippen molar-refractivity contribution in [2.45, 2.75) is 60.2 Å². The molecule has 9 nitrogen and oxygen atoms in total. The van der Waals surface area contributed by atoms with Gasteiger partial charge in [-0.05, 0) is 59.8 Å². The Kier molecular flexibility index (Phi) is 8.68. The molecule has 2 aromatic heterocycles. The van der Waals surface area contributed by atoms with Gasteiger partial charge in [0.1, 0.15) is 18.3 Å². The quantitative estimate of drug-likeness (QED) is 0.264. The summed E-state index contributed by atoms with van der Waals surface area (Å²) in [6.07, 6.45) is 1.73. The maximum atomic E-state index is 14.3. The zero-order valence-corrected chi connectivity index (χ0v) is 26.0. The fourth-order valence-electron chi connectivity index (χ4n) is 5.46. The summed E-state index contributed by atoms with van der Waals surface area (Å²) in [4.78, 5) is 45.2. The SMILES string of the molecule is CCOC(=O)Cn1c(C)c(/C=c2\sc3n(c2=O)[C@H](c2ccccc2OC(C)C)C(C(=O)OCC)=C(C)N=3)c2ccccc21. The van der Waals surface area contributed by atoms with Crippen molar-refractivity contribution in [2.24, 2.45) is 4.99 Å². The molecule has 224 valence electrons. The van der Waals surface area contributed by atoms with Gasteiger partial charge in [-0.2, -0.15) is 0 Å². The molecule has 0 bridgehead atoms. The van der Waals surface area contributed by atoms with Gasteiger partial charge in [0.25, 0.3) is 5.56 Å². The van der Waals surface area contributed by atoms with Gasteiger partial charge in [0.05, 0.1) is 35.1 Å². The molecule has 0 unspecified atom stereocenters. The van der Waals surface area contributed by atoms with Crippen LogP contribution in [0.4, 0.5) is 0 Å². The van der Waals surface area contributed by atoms with E-state index in [-0.39, 0.29) is 30.8 Å². The van der Waals surface area contributed by atoms with Gasteiger partial charge >= 0.3 is 11.9 Å². The first-order chi connectivity index (χ1) is 20.7. The number of allylic oxidation sites excluding steroid dienone is 1. The van der Waals surface area contributed by atoms with Crippen molar-refractivity contribution in [1.82, 2.24) is 9.13 Å². The van der Waals surface area contributed by atoms with Crippen LogP contribution in [0.25, 0.3) is 17.0 Å². The number of hydrogen-bond donors (Lipinski definition) is 0. The number of thiazole rings is 1. The van der Waals surface area contributed by atoms with Crippen LogP contribution in [0.5, 0.6) is 5.75 Å². The van der Waals surface area contributed by atoms with Crippen LogP contribution in [-0.2, 0) is 25.6 Å². The Morgan fingerprint density at radius 3 is 2.44 bits per heavy atom. The van der Waals surface area contributed by atoms with Crippen molar-refractivity contribution in [1.29, 1.82) is 0 Å². The van der Waals surface area contributed by atoms with Crippen molar-refractivity contribution >= 4 is 40.3 Å². The average molecular weight is 602 g/mol. The standard InChI is InChI=1S/C33H35N3O6S/c1-7-40-28(37)18-35-21(6)24(22-13-9-11-15-25(22)35)17-27-31(38)36-30(23-14-10-12-16-26(23)42-19(3)4)29(32(39)41-8-2)20(5)34-33(36)43-27/h9-17,19,30H,7-8,18H2,1-6H3/b27-17-/t30-/m1/s1. The number of carbonyl (C=O) groups excluding carboxylic acids is 2. The molecule has 0 spiro atoms. The number of carbonyl (C=O) groups is 2. The lowest BCUT2D eigenvalue weighted by Crippen LogP contribution is -2.40. The second-order valence-corrected chi connectivity index (χ2v) is 11.4. The molecular weight excluding hydrogens is 566 g/mol. The molecule has 0 saturated heterocycles. The van der Waals surface area contributed by atoms with Crippen LogP contribution in [-0.4, -0.2) is 40.4 Å². The lowest BCUT2D eigenvalue weighted by atomic mass is 9.95. The molecule has 0 amide bonds. The lowest BCUT2D eigenvalue weighted by Gasteiger charge is -2.26. The minimum absolute atomic E-state index is 0.0595. The molecule has 43 heavy (non-hydrogen) atoms. The number of aromatic nitrogens is 2. The van der Waals surface area contributed by atoms with Crippen LogP contribution in [0.1, 0.15) is 57.5 Å². The van der Waals surface area contributed by atoms with Crippen LogP contribution in [0.2, 0.25) is 0 Å². The number of fused-ring (bicyclic) bond motifs is 2. The molecule has 0 radical (unpaired) electrons. The minimum Gasteiger partial charge on any atom is -0.491 e. The van der Waals surface area contributed by atoms with Gasteiger partial charge in [-0.25, -0.2) is 9.79 Å². The maximum absolute atomic E-state index is 14.3. The van der Waals surface area contributed by atoms with Crippen LogP contribution in [0, 0.1) is 6.92 Å². The molecule has 2 aromatic carbocycles. The van der Waals surface area contributed by atoms with Crippen molar-refractivity contribution in [3.8, 4) is 5.75 Å². The van der Waals surface area contributed by atoms with Gasteiger partial charge in [-0.3, -0.25) is 14.2 Å². The van der Waals surface area contributed by atoms with Crippen molar-refractivity contribution in [2.75, 3.05) is 13.2 Å². The summed E-state index contributed by atoms with van der Waals surface area (Å²) in [5.41, 5.74) is 3.68. The van der Waals surface area contributed by atoms with E-state index in [0.29, 0.717) is 38.5 Å². The summed E-state index contributed by atoms with van der Waals surface area (Å²) in [5.74, 6) is -0.284. The van der Waals surface area contributed by atoms with Gasteiger partial charge in [0.2, 0.25) is 0 Å². The van der Waals surface area contributed by atoms with Gasteiger partial charge in [-0.15, -0.1) is 0 Å². The molecule has 4 aromatic rings. The van der Waals surface area contributed by atoms with Crippen LogP contribution in [0.3, 0.4) is 0 Å². The Labute approximate surface area is 253 Å². The molecular formula is C33H35N3O6S. The van der Waals surface area contributed by atoms with E-state index in [9.17, 15) is 14.4 Å². The van der Waals surface area contributed by atoms with E-state index in [1.807, 2.05) is 79.9 Å². The van der Waals surface area contributed by atoms with E-state index < -0.39 is 12.0 Å². The van der Waals surface area contributed by atoms with E-state index in [4.69, 9.17) is 19.2 Å². The fourth-order valence-corrected chi connectivity index (χ4v) is 6.49. The van der Waals surface area contributed by atoms with Crippen molar-refractivity contribution < 1.29 is 23.8 Å². The highest BCUT2D eigenvalue weighted by molar-refractivity contribution is 7.07. The number of nitrogens with zero attached hydrogens (tertiary/aromatic N) is 3. The Morgan fingerprint density at radius 1 is 1.02 bits per heavy atom.